The van der Waals surface area contributed by atoms with Gasteiger partial charge in [0, 0.05) is 23.2 Å². The van der Waals surface area contributed by atoms with Gasteiger partial charge in [-0.2, -0.15) is 13.5 Å². The Labute approximate surface area is 290 Å². The third-order valence-electron chi connectivity index (χ3n) is 7.35. The summed E-state index contributed by atoms with van der Waals surface area (Å²) in [4.78, 5) is 6.38. The van der Waals surface area contributed by atoms with Crippen molar-refractivity contribution in [1.82, 2.24) is 9.24 Å². The molecular formula is C35H28ClN5O4S3. The lowest BCUT2D eigenvalue weighted by Gasteiger charge is -2.18. The summed E-state index contributed by atoms with van der Waals surface area (Å²) in [5.41, 5.74) is 3.53. The van der Waals surface area contributed by atoms with Crippen molar-refractivity contribution in [1.29, 1.82) is 0 Å². The molecule has 0 spiro atoms. The maximum atomic E-state index is 13.3. The van der Waals surface area contributed by atoms with Crippen molar-refractivity contribution in [3.05, 3.63) is 140 Å². The van der Waals surface area contributed by atoms with E-state index in [1.807, 2.05) is 72.1 Å². The lowest BCUT2D eigenvalue weighted by atomic mass is 10.1. The normalized spacial score (nSPS) is 13.8. The molecule has 0 aliphatic carbocycles. The van der Waals surface area contributed by atoms with Crippen molar-refractivity contribution in [2.24, 2.45) is 14.5 Å². The van der Waals surface area contributed by atoms with Crippen molar-refractivity contribution in [3.63, 3.8) is 0 Å². The second-order valence-corrected chi connectivity index (χ2v) is 14.3. The van der Waals surface area contributed by atoms with Crippen LogP contribution in [0.2, 0.25) is 5.15 Å². The number of aromatic nitrogens is 2. The molecule has 0 amide bonds. The van der Waals surface area contributed by atoms with Crippen LogP contribution in [0.3, 0.4) is 0 Å². The predicted octanol–water partition coefficient (Wildman–Crippen LogP) is 6.81. The van der Waals surface area contributed by atoms with Crippen molar-refractivity contribution >= 4 is 50.5 Å². The second kappa shape index (κ2) is 14.2. The van der Waals surface area contributed by atoms with Gasteiger partial charge in [0.05, 0.1) is 21.7 Å². The maximum absolute atomic E-state index is 13.3. The molecule has 1 aliphatic rings. The zero-order chi connectivity index (χ0) is 32.9. The van der Waals surface area contributed by atoms with E-state index in [1.165, 1.54) is 29.0 Å². The Morgan fingerprint density at radius 3 is 2.27 bits per heavy atom. The number of rotatable bonds is 9. The van der Waals surface area contributed by atoms with Gasteiger partial charge < -0.3 is 9.47 Å². The van der Waals surface area contributed by atoms with Crippen LogP contribution in [0.15, 0.2) is 134 Å². The highest BCUT2D eigenvalue weighted by Crippen LogP contribution is 2.35. The minimum Gasteiger partial charge on any atom is -0.486 e. The first-order valence-corrected chi connectivity index (χ1v) is 18.5. The van der Waals surface area contributed by atoms with E-state index in [2.05, 4.69) is 16.5 Å². The molecule has 4 aromatic carbocycles. The Balaban J connectivity index is 1.33. The fraction of sp³-hybridized carbons (Fsp3) is 0.114. The first-order chi connectivity index (χ1) is 23.5. The summed E-state index contributed by atoms with van der Waals surface area (Å²) in [6, 6.07) is 33.3. The predicted molar refractivity (Wildman–Crippen MR) is 190 cm³/mol. The Morgan fingerprint density at radius 1 is 0.833 bits per heavy atom. The smallest absolute Gasteiger partial charge is 0.285 e. The Hall–Kier alpha value is -4.75. The summed E-state index contributed by atoms with van der Waals surface area (Å²) in [6.07, 6.45) is 2.39. The van der Waals surface area contributed by atoms with E-state index in [0.717, 1.165) is 29.0 Å². The molecule has 0 N–H and O–H groups in total. The number of ether oxygens (including phenoxy) is 2. The molecule has 1 aliphatic heterocycles. The van der Waals surface area contributed by atoms with Gasteiger partial charge in [-0.25, -0.2) is 4.68 Å². The third-order valence-corrected chi connectivity index (χ3v) is 11.1. The SMILES string of the molecule is O=S(=O)(N=c1sc(C=Nn2c(-c3ccc4c(c3)OCCO4)csc2=NCCc2ccccc2)c(Cl)n1-c1ccccc1)c1ccccc1. The first-order valence-electron chi connectivity index (χ1n) is 15.0. The molecule has 9 nitrogen and oxygen atoms in total. The molecule has 0 unspecified atom stereocenters. The molecule has 3 heterocycles. The van der Waals surface area contributed by atoms with Crippen LogP contribution in [0, 0.1) is 0 Å². The minimum atomic E-state index is -4.02. The van der Waals surface area contributed by atoms with Crippen LogP contribution in [-0.2, 0) is 16.4 Å². The van der Waals surface area contributed by atoms with Gasteiger partial charge in [0.15, 0.2) is 11.5 Å². The van der Waals surface area contributed by atoms with E-state index in [9.17, 15) is 8.42 Å². The van der Waals surface area contributed by atoms with Crippen LogP contribution >= 0.6 is 34.3 Å². The number of sulfonamides is 1. The number of nitrogens with zero attached hydrogens (tertiary/aromatic N) is 5. The molecule has 0 fully saturated rings. The standard InChI is InChI=1S/C35H28ClN5O4S3/c36-33-32(47-35(40(33)27-12-6-2-7-13-27)39-48(42,43)28-14-8-3-9-15-28)23-38-41-29(26-16-17-30-31(22-26)45-21-20-44-30)24-46-34(41)37-19-18-25-10-4-1-5-11-25/h1-17,22-24H,18-21H2. The highest BCUT2D eigenvalue weighted by molar-refractivity contribution is 7.90. The molecule has 2 aromatic heterocycles. The van der Waals surface area contributed by atoms with Crippen LogP contribution in [0.1, 0.15) is 10.4 Å². The zero-order valence-electron chi connectivity index (χ0n) is 25.3. The fourth-order valence-corrected chi connectivity index (χ4v) is 8.38. The summed E-state index contributed by atoms with van der Waals surface area (Å²) < 4.78 is 45.8. The summed E-state index contributed by atoms with van der Waals surface area (Å²) in [7, 11) is -4.02. The highest BCUT2D eigenvalue weighted by atomic mass is 35.5. The topological polar surface area (TPSA) is 99.5 Å². The Morgan fingerprint density at radius 2 is 1.52 bits per heavy atom. The van der Waals surface area contributed by atoms with Gasteiger partial charge in [0.2, 0.25) is 9.60 Å². The molecule has 0 atom stereocenters. The molecule has 0 saturated heterocycles. The van der Waals surface area contributed by atoms with Gasteiger partial charge in [-0.05, 0) is 54.4 Å². The molecule has 13 heteroatoms. The molecule has 0 bridgehead atoms. The average Bonchev–Trinajstić information content (AvgIpc) is 3.67. The highest BCUT2D eigenvalue weighted by Gasteiger charge is 2.19. The van der Waals surface area contributed by atoms with E-state index in [1.54, 1.807) is 33.7 Å². The first kappa shape index (κ1) is 31.8. The van der Waals surface area contributed by atoms with E-state index in [-0.39, 0.29) is 14.8 Å². The van der Waals surface area contributed by atoms with Crippen LogP contribution in [0.5, 0.6) is 11.5 Å². The number of hydrogen-bond donors (Lipinski definition) is 0. The van der Waals surface area contributed by atoms with Crippen molar-refractivity contribution < 1.29 is 17.9 Å². The van der Waals surface area contributed by atoms with Gasteiger partial charge in [-0.15, -0.1) is 15.7 Å². The average molecular weight is 714 g/mol. The van der Waals surface area contributed by atoms with Gasteiger partial charge >= 0.3 is 0 Å². The van der Waals surface area contributed by atoms with Gasteiger partial charge in [0.25, 0.3) is 10.0 Å². The van der Waals surface area contributed by atoms with Crippen LogP contribution in [0.25, 0.3) is 16.9 Å². The number of hydrogen-bond acceptors (Lipinski definition) is 8. The fourth-order valence-electron chi connectivity index (χ4n) is 5.02. The van der Waals surface area contributed by atoms with Crippen molar-refractivity contribution in [2.75, 3.05) is 19.8 Å². The van der Waals surface area contributed by atoms with Crippen molar-refractivity contribution in [3.8, 4) is 28.4 Å². The van der Waals surface area contributed by atoms with E-state index < -0.39 is 10.0 Å². The zero-order valence-corrected chi connectivity index (χ0v) is 28.6. The number of para-hydroxylation sites is 1. The quantitative estimate of drug-likeness (QED) is 0.154. The van der Waals surface area contributed by atoms with E-state index >= 15 is 0 Å². The molecule has 6 aromatic rings. The summed E-state index contributed by atoms with van der Waals surface area (Å²) >= 11 is 9.57. The molecule has 7 rings (SSSR count). The molecule has 0 saturated carbocycles. The van der Waals surface area contributed by atoms with Crippen LogP contribution in [-0.4, -0.2) is 43.6 Å². The second-order valence-electron chi connectivity index (χ2n) is 10.5. The van der Waals surface area contributed by atoms with Gasteiger partial charge in [-0.3, -0.25) is 9.56 Å². The van der Waals surface area contributed by atoms with Gasteiger partial charge in [-0.1, -0.05) is 89.7 Å². The van der Waals surface area contributed by atoms with E-state index in [4.69, 9.17) is 31.2 Å². The number of fused-ring (bicyclic) bond motifs is 1. The Bertz CT molecular complexity index is 2330. The van der Waals surface area contributed by atoms with Gasteiger partial charge in [0.1, 0.15) is 18.4 Å². The maximum Gasteiger partial charge on any atom is 0.285 e. The molecule has 0 radical (unpaired) electrons. The number of benzene rings is 4. The van der Waals surface area contributed by atoms with Crippen LogP contribution < -0.4 is 19.1 Å². The van der Waals surface area contributed by atoms with Crippen molar-refractivity contribution in [2.45, 2.75) is 11.3 Å². The number of halogens is 1. The largest absolute Gasteiger partial charge is 0.486 e. The van der Waals surface area contributed by atoms with Crippen LogP contribution in [0.4, 0.5) is 0 Å². The summed E-state index contributed by atoms with van der Waals surface area (Å²) in [5.74, 6) is 1.36. The lowest BCUT2D eigenvalue weighted by Crippen LogP contribution is -2.16. The Kier molecular flexibility index (Phi) is 9.39. The summed E-state index contributed by atoms with van der Waals surface area (Å²) in [6.45, 7) is 1.55. The van der Waals surface area contributed by atoms with E-state index in [0.29, 0.717) is 46.6 Å². The minimum absolute atomic E-state index is 0.0870. The number of thiazole rings is 2. The lowest BCUT2D eigenvalue weighted by molar-refractivity contribution is 0.171. The molecule has 48 heavy (non-hydrogen) atoms. The molecular weight excluding hydrogens is 686 g/mol. The summed E-state index contributed by atoms with van der Waals surface area (Å²) in [5, 5.41) is 7.14. The monoisotopic (exact) mass is 713 g/mol. The third kappa shape index (κ3) is 6.92. The molecule has 242 valence electrons.